The van der Waals surface area contributed by atoms with Gasteiger partial charge in [-0.2, -0.15) is 0 Å². The third kappa shape index (κ3) is 2.06. The smallest absolute Gasteiger partial charge is 0.0681 e. The Bertz CT molecular complexity index is 247. The van der Waals surface area contributed by atoms with Gasteiger partial charge in [-0.3, -0.25) is 0 Å². The molecule has 0 aromatic heterocycles. The molecule has 0 spiro atoms. The Balaban J connectivity index is 2.86. The molecule has 0 radical (unpaired) electrons. The minimum atomic E-state index is 0.102. The van der Waals surface area contributed by atoms with Crippen LogP contribution in [-0.4, -0.2) is 11.7 Å². The third-order valence-electron chi connectivity index (χ3n) is 2.06. The molecule has 2 heteroatoms. The first-order valence-corrected chi connectivity index (χ1v) is 4.17. The van der Waals surface area contributed by atoms with Gasteiger partial charge in [-0.1, -0.05) is 31.2 Å². The standard InChI is InChI=1S/C10H15NO/c1-8(6-11)10-4-2-3-9(5-10)7-12/h2-5,8,12H,6-7,11H2,1H3/t8-/m0/s1. The first kappa shape index (κ1) is 9.23. The second-order valence-electron chi connectivity index (χ2n) is 3.04. The molecular weight excluding hydrogens is 150 g/mol. The lowest BCUT2D eigenvalue weighted by molar-refractivity contribution is 0.281. The number of benzene rings is 1. The summed E-state index contributed by atoms with van der Waals surface area (Å²) in [6, 6.07) is 7.90. The number of aliphatic hydroxyl groups excluding tert-OH is 1. The van der Waals surface area contributed by atoms with E-state index in [2.05, 4.69) is 6.92 Å². The summed E-state index contributed by atoms with van der Waals surface area (Å²) in [5, 5.41) is 8.89. The Hall–Kier alpha value is -0.860. The molecule has 0 saturated heterocycles. The van der Waals surface area contributed by atoms with Crippen molar-refractivity contribution in [1.29, 1.82) is 0 Å². The van der Waals surface area contributed by atoms with Gasteiger partial charge in [0.25, 0.3) is 0 Å². The van der Waals surface area contributed by atoms with Gasteiger partial charge in [-0.15, -0.1) is 0 Å². The first-order valence-electron chi connectivity index (χ1n) is 4.17. The highest BCUT2D eigenvalue weighted by Gasteiger charge is 2.02. The van der Waals surface area contributed by atoms with Crippen LogP contribution < -0.4 is 5.73 Å². The summed E-state index contributed by atoms with van der Waals surface area (Å²) in [6.07, 6.45) is 0. The van der Waals surface area contributed by atoms with Crippen molar-refractivity contribution in [2.45, 2.75) is 19.4 Å². The Morgan fingerprint density at radius 3 is 2.83 bits per heavy atom. The van der Waals surface area contributed by atoms with Gasteiger partial charge in [-0.05, 0) is 23.6 Å². The van der Waals surface area contributed by atoms with E-state index in [-0.39, 0.29) is 6.61 Å². The van der Waals surface area contributed by atoms with E-state index in [1.165, 1.54) is 5.56 Å². The van der Waals surface area contributed by atoms with Crippen molar-refractivity contribution >= 4 is 0 Å². The molecule has 66 valence electrons. The Kier molecular flexibility index (Phi) is 3.26. The van der Waals surface area contributed by atoms with Gasteiger partial charge in [0.2, 0.25) is 0 Å². The molecule has 3 N–H and O–H groups in total. The van der Waals surface area contributed by atoms with Crippen LogP contribution in [0.4, 0.5) is 0 Å². The molecule has 1 aromatic carbocycles. The molecule has 0 saturated carbocycles. The number of nitrogens with two attached hydrogens (primary N) is 1. The molecule has 0 unspecified atom stereocenters. The van der Waals surface area contributed by atoms with Crippen LogP contribution >= 0.6 is 0 Å². The van der Waals surface area contributed by atoms with Crippen molar-refractivity contribution in [3.8, 4) is 0 Å². The summed E-state index contributed by atoms with van der Waals surface area (Å²) < 4.78 is 0. The summed E-state index contributed by atoms with van der Waals surface area (Å²) in [5.41, 5.74) is 7.68. The number of hydrogen-bond donors (Lipinski definition) is 2. The van der Waals surface area contributed by atoms with Crippen molar-refractivity contribution in [2.24, 2.45) is 5.73 Å². The minimum absolute atomic E-state index is 0.102. The maximum atomic E-state index is 8.89. The van der Waals surface area contributed by atoms with Crippen LogP contribution in [0.1, 0.15) is 24.0 Å². The number of hydrogen-bond acceptors (Lipinski definition) is 2. The third-order valence-corrected chi connectivity index (χ3v) is 2.06. The molecule has 1 atom stereocenters. The highest BCUT2D eigenvalue weighted by atomic mass is 16.3. The summed E-state index contributed by atoms with van der Waals surface area (Å²) in [7, 11) is 0. The largest absolute Gasteiger partial charge is 0.392 e. The Morgan fingerprint density at radius 1 is 1.50 bits per heavy atom. The molecule has 2 nitrogen and oxygen atoms in total. The monoisotopic (exact) mass is 165 g/mol. The summed E-state index contributed by atoms with van der Waals surface area (Å²) in [6.45, 7) is 2.83. The minimum Gasteiger partial charge on any atom is -0.392 e. The fraction of sp³-hybridized carbons (Fsp3) is 0.400. The van der Waals surface area contributed by atoms with Crippen LogP contribution in [0.15, 0.2) is 24.3 Å². The van der Waals surface area contributed by atoms with Gasteiger partial charge in [0.1, 0.15) is 0 Å². The predicted octanol–water partition coefficient (Wildman–Crippen LogP) is 1.24. The Labute approximate surface area is 73.0 Å². The summed E-state index contributed by atoms with van der Waals surface area (Å²) in [4.78, 5) is 0. The lowest BCUT2D eigenvalue weighted by Gasteiger charge is -2.09. The molecule has 0 aliphatic carbocycles. The zero-order valence-corrected chi connectivity index (χ0v) is 7.33. The Morgan fingerprint density at radius 2 is 2.25 bits per heavy atom. The van der Waals surface area contributed by atoms with E-state index >= 15 is 0 Å². The first-order chi connectivity index (χ1) is 5.77. The fourth-order valence-corrected chi connectivity index (χ4v) is 1.13. The van der Waals surface area contributed by atoms with Crippen molar-refractivity contribution in [3.63, 3.8) is 0 Å². The van der Waals surface area contributed by atoms with Gasteiger partial charge in [-0.25, -0.2) is 0 Å². The molecule has 0 amide bonds. The summed E-state index contributed by atoms with van der Waals surface area (Å²) >= 11 is 0. The number of aliphatic hydroxyl groups is 1. The van der Waals surface area contributed by atoms with E-state index < -0.39 is 0 Å². The van der Waals surface area contributed by atoms with E-state index in [9.17, 15) is 0 Å². The average Bonchev–Trinajstić information content (AvgIpc) is 2.17. The van der Waals surface area contributed by atoms with Gasteiger partial charge in [0.15, 0.2) is 0 Å². The molecular formula is C10H15NO. The molecule has 0 bridgehead atoms. The lowest BCUT2D eigenvalue weighted by atomic mass is 9.99. The van der Waals surface area contributed by atoms with Gasteiger partial charge in [0.05, 0.1) is 6.61 Å². The van der Waals surface area contributed by atoms with Crippen molar-refractivity contribution in [2.75, 3.05) is 6.54 Å². The van der Waals surface area contributed by atoms with Crippen LogP contribution in [0.25, 0.3) is 0 Å². The second kappa shape index (κ2) is 4.24. The topological polar surface area (TPSA) is 46.2 Å². The summed E-state index contributed by atoms with van der Waals surface area (Å²) in [5.74, 6) is 0.372. The molecule has 12 heavy (non-hydrogen) atoms. The van der Waals surface area contributed by atoms with Crippen molar-refractivity contribution in [3.05, 3.63) is 35.4 Å². The molecule has 1 aromatic rings. The average molecular weight is 165 g/mol. The predicted molar refractivity (Wildman–Crippen MR) is 49.8 cm³/mol. The van der Waals surface area contributed by atoms with Crippen LogP contribution in [0.2, 0.25) is 0 Å². The molecule has 0 fully saturated rings. The van der Waals surface area contributed by atoms with Gasteiger partial charge >= 0.3 is 0 Å². The van der Waals surface area contributed by atoms with E-state index in [1.807, 2.05) is 24.3 Å². The fourth-order valence-electron chi connectivity index (χ4n) is 1.13. The maximum Gasteiger partial charge on any atom is 0.0681 e. The molecule has 0 aliphatic heterocycles. The quantitative estimate of drug-likeness (QED) is 0.708. The normalized spacial score (nSPS) is 12.9. The van der Waals surface area contributed by atoms with E-state index in [0.29, 0.717) is 12.5 Å². The lowest BCUT2D eigenvalue weighted by Crippen LogP contribution is -2.08. The van der Waals surface area contributed by atoms with Crippen LogP contribution in [0.5, 0.6) is 0 Å². The van der Waals surface area contributed by atoms with Crippen LogP contribution in [-0.2, 0) is 6.61 Å². The van der Waals surface area contributed by atoms with Crippen molar-refractivity contribution < 1.29 is 5.11 Å². The van der Waals surface area contributed by atoms with Crippen LogP contribution in [0.3, 0.4) is 0 Å². The molecule has 1 rings (SSSR count). The highest BCUT2D eigenvalue weighted by Crippen LogP contribution is 2.14. The zero-order valence-electron chi connectivity index (χ0n) is 7.33. The van der Waals surface area contributed by atoms with Gasteiger partial charge in [0, 0.05) is 0 Å². The molecule has 0 aliphatic rings. The zero-order chi connectivity index (χ0) is 8.97. The molecule has 0 heterocycles. The van der Waals surface area contributed by atoms with Gasteiger partial charge < -0.3 is 10.8 Å². The van der Waals surface area contributed by atoms with Crippen molar-refractivity contribution in [1.82, 2.24) is 0 Å². The van der Waals surface area contributed by atoms with E-state index in [0.717, 1.165) is 5.56 Å². The van der Waals surface area contributed by atoms with E-state index in [4.69, 9.17) is 10.8 Å². The second-order valence-corrected chi connectivity index (χ2v) is 3.04. The SMILES string of the molecule is C[C@@H](CN)c1cccc(CO)c1. The van der Waals surface area contributed by atoms with E-state index in [1.54, 1.807) is 0 Å². The maximum absolute atomic E-state index is 8.89. The highest BCUT2D eigenvalue weighted by molar-refractivity contribution is 5.25. The van der Waals surface area contributed by atoms with Crippen LogP contribution in [0, 0.1) is 0 Å². The number of rotatable bonds is 3.